The maximum absolute atomic E-state index is 11.3. The van der Waals surface area contributed by atoms with Crippen molar-refractivity contribution >= 4 is 53.7 Å². The van der Waals surface area contributed by atoms with E-state index in [0.29, 0.717) is 0 Å². The Morgan fingerprint density at radius 3 is 1.00 bits per heavy atom. The zero-order valence-corrected chi connectivity index (χ0v) is 28.1. The average molecular weight is 815 g/mol. The molecule has 0 N–H and O–H groups in total. The van der Waals surface area contributed by atoms with Crippen molar-refractivity contribution in [3.8, 4) is 28.7 Å². The molecule has 0 atom stereocenters. The van der Waals surface area contributed by atoms with Crippen LogP contribution in [0, 0.1) is 0 Å². The van der Waals surface area contributed by atoms with Gasteiger partial charge in [-0.05, 0) is 30.8 Å². The summed E-state index contributed by atoms with van der Waals surface area (Å²) in [4.78, 5) is 56.7. The van der Waals surface area contributed by atoms with Crippen LogP contribution in [-0.2, 0) is 46.4 Å². The minimum atomic E-state index is -0.865. The summed E-state index contributed by atoms with van der Waals surface area (Å²) in [5, 5.41) is 4.19. The molecule has 0 aliphatic rings. The number of benzene rings is 3. The number of hydrogen-bond donors (Lipinski definition) is 0. The Bertz CT molecular complexity index is 1360. The van der Waals surface area contributed by atoms with Crippen molar-refractivity contribution in [2.75, 3.05) is 0 Å². The minimum absolute atomic E-state index is 0. The SMILES string of the molecule is CC(=O)Oc1c(OC(C)=O)c(OC(C)=O)[c-](OC(C)=O)c1OC(C)=O.[Au+].c1ccc(P(c2ccccc2)c2ccccc2)cc1. The van der Waals surface area contributed by atoms with E-state index < -0.39 is 66.5 Å². The van der Waals surface area contributed by atoms with Gasteiger partial charge in [-0.15, -0.1) is 0 Å². The third-order valence-corrected chi connectivity index (χ3v) is 7.75. The summed E-state index contributed by atoms with van der Waals surface area (Å²) in [6, 6.07) is 32.3. The van der Waals surface area contributed by atoms with Crippen LogP contribution in [0.15, 0.2) is 91.0 Å². The summed E-state index contributed by atoms with van der Waals surface area (Å²) in [6.45, 7) is 5.13. The fourth-order valence-electron chi connectivity index (χ4n) is 3.88. The third-order valence-electron chi connectivity index (χ3n) is 5.30. The molecule has 0 bridgehead atoms. The van der Waals surface area contributed by atoms with Crippen LogP contribution in [0.5, 0.6) is 28.7 Å². The van der Waals surface area contributed by atoms with Crippen molar-refractivity contribution in [2.45, 2.75) is 34.6 Å². The molecule has 0 spiro atoms. The molecule has 0 saturated heterocycles. The second-order valence-electron chi connectivity index (χ2n) is 8.96. The average Bonchev–Trinajstić information content (AvgIpc) is 3.19. The first-order valence-corrected chi connectivity index (χ1v) is 14.6. The van der Waals surface area contributed by atoms with E-state index in [-0.39, 0.29) is 22.4 Å². The fraction of sp³-hybridized carbons (Fsp3) is 0.152. The van der Waals surface area contributed by atoms with Gasteiger partial charge in [-0.1, -0.05) is 91.0 Å². The number of esters is 5. The number of hydrogen-bond acceptors (Lipinski definition) is 10. The van der Waals surface area contributed by atoms with Crippen LogP contribution >= 0.6 is 7.92 Å². The zero-order chi connectivity index (χ0) is 32.2. The van der Waals surface area contributed by atoms with Gasteiger partial charge in [0.1, 0.15) is 28.7 Å². The normalized spacial score (nSPS) is 9.91. The van der Waals surface area contributed by atoms with Gasteiger partial charge in [0.2, 0.25) is 5.97 Å². The van der Waals surface area contributed by atoms with Crippen LogP contribution in [0.25, 0.3) is 0 Å². The fourth-order valence-corrected chi connectivity index (χ4v) is 6.18. The van der Waals surface area contributed by atoms with Gasteiger partial charge in [-0.3, -0.25) is 19.2 Å². The molecule has 0 aliphatic heterocycles. The van der Waals surface area contributed by atoms with E-state index in [1.165, 1.54) is 15.9 Å². The molecular formula is C33H30AuO10P. The molecule has 45 heavy (non-hydrogen) atoms. The van der Waals surface area contributed by atoms with Gasteiger partial charge < -0.3 is 28.5 Å². The predicted molar refractivity (Wildman–Crippen MR) is 164 cm³/mol. The second-order valence-corrected chi connectivity index (χ2v) is 11.2. The molecule has 238 valence electrons. The first-order chi connectivity index (χ1) is 21.0. The van der Waals surface area contributed by atoms with Crippen LogP contribution in [0.2, 0.25) is 0 Å². The maximum Gasteiger partial charge on any atom is 1.00 e. The van der Waals surface area contributed by atoms with E-state index in [9.17, 15) is 24.0 Å². The van der Waals surface area contributed by atoms with Crippen LogP contribution < -0.4 is 39.6 Å². The Kier molecular flexibility index (Phi) is 14.5. The topological polar surface area (TPSA) is 132 Å². The molecule has 0 saturated carbocycles. The van der Waals surface area contributed by atoms with E-state index in [1.807, 2.05) is 0 Å². The van der Waals surface area contributed by atoms with E-state index >= 15 is 0 Å². The largest absolute Gasteiger partial charge is 1.00 e. The number of carbonyl (C=O) groups excluding carboxylic acids is 5. The molecule has 4 aromatic carbocycles. The summed E-state index contributed by atoms with van der Waals surface area (Å²) < 4.78 is 24.4. The van der Waals surface area contributed by atoms with Crippen molar-refractivity contribution in [3.63, 3.8) is 0 Å². The smallest absolute Gasteiger partial charge is 0.510 e. The van der Waals surface area contributed by atoms with Gasteiger partial charge in [-0.2, -0.15) is 0 Å². The summed E-state index contributed by atoms with van der Waals surface area (Å²) in [5.41, 5.74) is 0. The third kappa shape index (κ3) is 10.9. The molecule has 0 radical (unpaired) electrons. The maximum atomic E-state index is 11.3. The van der Waals surface area contributed by atoms with Crippen LogP contribution in [0.1, 0.15) is 34.6 Å². The summed E-state index contributed by atoms with van der Waals surface area (Å²) in [6.07, 6.45) is 0. The second kappa shape index (κ2) is 17.7. The predicted octanol–water partition coefficient (Wildman–Crippen LogP) is 4.47. The van der Waals surface area contributed by atoms with Gasteiger partial charge in [-0.25, -0.2) is 0 Å². The van der Waals surface area contributed by atoms with Crippen LogP contribution in [0.3, 0.4) is 0 Å². The molecule has 0 fully saturated rings. The van der Waals surface area contributed by atoms with Gasteiger partial charge in [0.25, 0.3) is 11.9 Å². The van der Waals surface area contributed by atoms with Crippen molar-refractivity contribution < 1.29 is 70.0 Å². The van der Waals surface area contributed by atoms with Gasteiger partial charge >= 0.3 is 34.3 Å². The quantitative estimate of drug-likeness (QED) is 0.109. The van der Waals surface area contributed by atoms with Crippen molar-refractivity contribution in [1.82, 2.24) is 0 Å². The van der Waals surface area contributed by atoms with Crippen LogP contribution in [0.4, 0.5) is 0 Å². The standard InChI is InChI=1S/C18H15P.C15H15O10.Au/c1-4-10-16(11-5-1)19(17-12-6-2-7-13-17)18-14-8-3-9-15-18;1-6(16)21-11-12(22-7(2)17)14(24-9(4)19)15(25-10(5)20)13(11)23-8(3)18;/h1-15H;1-5H3;/q;-1;+1. The molecule has 0 amide bonds. The monoisotopic (exact) mass is 814 g/mol. The summed E-state index contributed by atoms with van der Waals surface area (Å²) >= 11 is 0. The van der Waals surface area contributed by atoms with E-state index in [4.69, 9.17) is 23.7 Å². The van der Waals surface area contributed by atoms with Crippen molar-refractivity contribution in [3.05, 3.63) is 91.0 Å². The Labute approximate surface area is 277 Å². The van der Waals surface area contributed by atoms with Gasteiger partial charge in [0, 0.05) is 27.7 Å². The zero-order valence-electron chi connectivity index (χ0n) is 25.0. The Hall–Kier alpha value is -4.47. The van der Waals surface area contributed by atoms with Crippen molar-refractivity contribution in [2.24, 2.45) is 0 Å². The Morgan fingerprint density at radius 1 is 0.467 bits per heavy atom. The summed E-state index contributed by atoms with van der Waals surface area (Å²) in [7, 11) is -0.446. The number of rotatable bonds is 8. The van der Waals surface area contributed by atoms with Crippen molar-refractivity contribution in [1.29, 1.82) is 0 Å². The van der Waals surface area contributed by atoms with E-state index in [2.05, 4.69) is 91.0 Å². The summed E-state index contributed by atoms with van der Waals surface area (Å²) in [5.74, 6) is -7.08. The molecule has 4 rings (SSSR count). The number of carbonyl (C=O) groups is 5. The van der Waals surface area contributed by atoms with E-state index in [0.717, 1.165) is 34.6 Å². The van der Waals surface area contributed by atoms with Gasteiger partial charge in [0.05, 0.1) is 0 Å². The molecular weight excluding hydrogens is 784 g/mol. The van der Waals surface area contributed by atoms with Crippen LogP contribution in [-0.4, -0.2) is 29.8 Å². The molecule has 0 aliphatic carbocycles. The molecule has 10 nitrogen and oxygen atoms in total. The van der Waals surface area contributed by atoms with E-state index in [1.54, 1.807) is 0 Å². The Balaban J connectivity index is 0.000000316. The first-order valence-electron chi connectivity index (χ1n) is 13.2. The molecule has 0 aromatic heterocycles. The number of ether oxygens (including phenoxy) is 5. The molecule has 0 heterocycles. The molecule has 4 aromatic rings. The molecule has 0 unspecified atom stereocenters. The minimum Gasteiger partial charge on any atom is -0.510 e. The Morgan fingerprint density at radius 2 is 0.756 bits per heavy atom. The molecule has 12 heteroatoms. The first kappa shape index (κ1) is 36.7. The van der Waals surface area contributed by atoms with Gasteiger partial charge in [0.15, 0.2) is 0 Å².